The molecule has 0 spiro atoms. The molecule has 0 bridgehead atoms. The van der Waals surface area contributed by atoms with E-state index in [9.17, 15) is 0 Å². The Morgan fingerprint density at radius 2 is 1.12 bits per heavy atom. The Balaban J connectivity index is -0.0000000267. The first-order valence-corrected chi connectivity index (χ1v) is 2.00. The van der Waals surface area contributed by atoms with Crippen molar-refractivity contribution >= 4 is 10.4 Å². The van der Waals surface area contributed by atoms with Gasteiger partial charge in [0.25, 0.3) is 0 Å². The zero-order valence-corrected chi connectivity index (χ0v) is 8.28. The van der Waals surface area contributed by atoms with Crippen molar-refractivity contribution in [2.45, 2.75) is 0 Å². The van der Waals surface area contributed by atoms with E-state index in [0.717, 1.165) is 0 Å². The molecule has 0 saturated carbocycles. The number of hydrogen-bond donors (Lipinski definition) is 0. The van der Waals surface area contributed by atoms with Crippen molar-refractivity contribution in [2.24, 2.45) is 0 Å². The van der Waals surface area contributed by atoms with Crippen LogP contribution in [0.2, 0.25) is 0 Å². The molecule has 0 N–H and O–H groups in total. The molecular weight excluding hydrogens is 216 g/mol. The summed E-state index contributed by atoms with van der Waals surface area (Å²) in [5, 5.41) is 0. The molecule has 48 valence electrons. The Kier molecular flexibility index (Phi) is 22.5. The molecule has 8 heavy (non-hydrogen) atoms. The predicted molar refractivity (Wildman–Crippen MR) is 15.8 cm³/mol. The van der Waals surface area contributed by atoms with E-state index in [0.29, 0.717) is 0 Å². The minimum absolute atomic E-state index is 0. The molecule has 4 nitrogen and oxygen atoms in total. The van der Waals surface area contributed by atoms with Crippen LogP contribution < -0.4 is 0 Å². The zero-order valence-electron chi connectivity index (χ0n) is 3.60. The van der Waals surface area contributed by atoms with Crippen LogP contribution in [0.25, 0.3) is 0 Å². The van der Waals surface area contributed by atoms with Gasteiger partial charge in [0.2, 0.25) is 0 Å². The molecule has 0 radical (unpaired) electrons. The topological polar surface area (TPSA) is 80.3 Å². The van der Waals surface area contributed by atoms with Crippen molar-refractivity contribution in [3.63, 3.8) is 0 Å². The first-order valence-electron chi connectivity index (χ1n) is 0.667. The molecule has 0 aliphatic carbocycles. The van der Waals surface area contributed by atoms with E-state index < -0.39 is 10.4 Å². The van der Waals surface area contributed by atoms with E-state index in [1.807, 2.05) is 0 Å². The van der Waals surface area contributed by atoms with Crippen molar-refractivity contribution in [1.82, 2.24) is 0 Å². The van der Waals surface area contributed by atoms with Crippen LogP contribution in [0.5, 0.6) is 0 Å². The summed E-state index contributed by atoms with van der Waals surface area (Å²) in [6.07, 6.45) is 0. The summed E-state index contributed by atoms with van der Waals surface area (Å²) in [7, 11) is -5.17. The van der Waals surface area contributed by atoms with Gasteiger partial charge in [-0.2, -0.15) is 0 Å². The molecule has 0 aromatic carbocycles. The second kappa shape index (κ2) is 7.71. The second-order valence-electron chi connectivity index (χ2n) is 0.408. The molecule has 8 heteroatoms. The summed E-state index contributed by atoms with van der Waals surface area (Å²) < 4.78 is 34.1. The third-order valence-electron chi connectivity index (χ3n) is 0. The molecule has 0 aliphatic rings. The molecule has 0 heterocycles. The average Bonchev–Trinajstić information content (AvgIpc) is 0.722. The van der Waals surface area contributed by atoms with E-state index in [1.54, 1.807) is 0 Å². The Bertz CT molecular complexity index is 99.2. The van der Waals surface area contributed by atoms with Crippen LogP contribution in [0, 0.1) is 12.4 Å². The molecule has 0 fully saturated rings. The fourth-order valence-corrected chi connectivity index (χ4v) is 0. The summed E-state index contributed by atoms with van der Waals surface area (Å²) in [5.74, 6) is 0. The maximum atomic E-state index is 8.52. The fraction of sp³-hybridized carbons (Fsp3) is 0. The van der Waals surface area contributed by atoms with Gasteiger partial charge in [-0.15, -0.1) is 0 Å². The molecule has 0 amide bonds. The molecular formula is H3ClFO4SZn+. The Hall–Kier alpha value is 0.713. The van der Waals surface area contributed by atoms with Crippen LogP contribution in [0.1, 0.15) is 0 Å². The minimum Gasteiger partial charge on any atom is -0.759 e. The summed E-state index contributed by atoms with van der Waals surface area (Å²) in [6, 6.07) is 0. The van der Waals surface area contributed by atoms with Crippen LogP contribution in [0.15, 0.2) is 0 Å². The molecule has 0 atom stereocenters. The first-order chi connectivity index (χ1) is 2.00. The standard InChI is InChI=1S/ClH2.FH.H2O4S.Zn/c;;1-5(2,3)4;/h1H2;1H;(H2,1,2,3,4);/q+1;;;+2/p-2. The van der Waals surface area contributed by atoms with Crippen molar-refractivity contribution < 1.29 is 54.1 Å². The third kappa shape index (κ3) is 431. The van der Waals surface area contributed by atoms with E-state index in [1.165, 1.54) is 0 Å². The van der Waals surface area contributed by atoms with Gasteiger partial charge in [-0.3, -0.25) is 13.1 Å². The second-order valence-corrected chi connectivity index (χ2v) is 1.22. The third-order valence-corrected chi connectivity index (χ3v) is 0. The first kappa shape index (κ1) is 23.3. The Morgan fingerprint density at radius 1 is 1.12 bits per heavy atom. The molecule has 0 aromatic rings. The summed E-state index contributed by atoms with van der Waals surface area (Å²) in [4.78, 5) is 0. The molecule has 0 saturated heterocycles. The van der Waals surface area contributed by atoms with E-state index in [2.05, 4.69) is 0 Å². The van der Waals surface area contributed by atoms with Gasteiger partial charge >= 0.3 is 19.5 Å². The molecule has 0 rings (SSSR count). The van der Waals surface area contributed by atoms with E-state index >= 15 is 0 Å². The van der Waals surface area contributed by atoms with Crippen LogP contribution in [0.3, 0.4) is 0 Å². The molecule has 0 unspecified atom stereocenters. The van der Waals surface area contributed by atoms with Crippen LogP contribution in [-0.4, -0.2) is 17.5 Å². The maximum absolute atomic E-state index is 8.52. The number of hydrogen-bond acceptors (Lipinski definition) is 4. The Morgan fingerprint density at radius 3 is 1.12 bits per heavy atom. The van der Waals surface area contributed by atoms with Crippen molar-refractivity contribution in [3.05, 3.63) is 0 Å². The van der Waals surface area contributed by atoms with Gasteiger partial charge in [0.05, 0.1) is 12.4 Å². The van der Waals surface area contributed by atoms with Crippen molar-refractivity contribution in [3.8, 4) is 0 Å². The normalized spacial score (nSPS) is 7.25. The van der Waals surface area contributed by atoms with Crippen LogP contribution in [-0.2, 0) is 29.9 Å². The smallest absolute Gasteiger partial charge is 0.759 e. The summed E-state index contributed by atoms with van der Waals surface area (Å²) in [6.45, 7) is 0. The van der Waals surface area contributed by atoms with Gasteiger partial charge in [-0.25, -0.2) is 0 Å². The number of halogens is 2. The summed E-state index contributed by atoms with van der Waals surface area (Å²) in [5.41, 5.74) is 0. The minimum atomic E-state index is -5.17. The monoisotopic (exact) mass is 217 g/mol. The van der Waals surface area contributed by atoms with Gasteiger partial charge in [0, 0.05) is 10.4 Å². The van der Waals surface area contributed by atoms with Gasteiger partial charge in [-0.1, -0.05) is 0 Å². The van der Waals surface area contributed by atoms with E-state index in [4.69, 9.17) is 17.5 Å². The SMILES string of the molecule is F.O=S(=O)([O-])[O-].[ClH2+].[Zn+2]. The molecule has 0 aliphatic heterocycles. The van der Waals surface area contributed by atoms with Gasteiger partial charge < -0.3 is 9.11 Å². The zero-order chi connectivity index (χ0) is 4.50. The van der Waals surface area contributed by atoms with Crippen molar-refractivity contribution in [2.75, 3.05) is 0 Å². The van der Waals surface area contributed by atoms with Gasteiger partial charge in [0.1, 0.15) is 0 Å². The van der Waals surface area contributed by atoms with E-state index in [-0.39, 0.29) is 36.6 Å². The van der Waals surface area contributed by atoms with Crippen LogP contribution >= 0.6 is 0 Å². The fourth-order valence-electron chi connectivity index (χ4n) is 0. The molecule has 0 aromatic heterocycles. The summed E-state index contributed by atoms with van der Waals surface area (Å²) >= 11 is 0. The van der Waals surface area contributed by atoms with Crippen molar-refractivity contribution in [1.29, 1.82) is 0 Å². The number of rotatable bonds is 0. The average molecular weight is 219 g/mol. The maximum Gasteiger partial charge on any atom is 2.00 e. The predicted octanol–water partition coefficient (Wildman–Crippen LogP) is -1.72. The van der Waals surface area contributed by atoms with Gasteiger partial charge in [0.15, 0.2) is 0 Å². The largest absolute Gasteiger partial charge is 2.00 e. The van der Waals surface area contributed by atoms with Gasteiger partial charge in [-0.05, 0) is 0 Å². The Labute approximate surface area is 64.8 Å². The van der Waals surface area contributed by atoms with Crippen LogP contribution in [0.4, 0.5) is 4.70 Å². The quantitative estimate of drug-likeness (QED) is 0.275.